The quantitative estimate of drug-likeness (QED) is 0.661. The molecule has 0 atom stereocenters. The predicted octanol–water partition coefficient (Wildman–Crippen LogP) is 4.09. The summed E-state index contributed by atoms with van der Waals surface area (Å²) in [5.41, 5.74) is 10.2. The Labute approximate surface area is 153 Å². The second-order valence-corrected chi connectivity index (χ2v) is 6.13. The summed E-state index contributed by atoms with van der Waals surface area (Å²) in [4.78, 5) is 12.2. The molecule has 132 valence electrons. The Bertz CT molecular complexity index is 889. The SMILES string of the molecule is Cc1ccccc1COc1ccc(CNC(=O)c2ccccc2N)cc1. The molecule has 3 rings (SSSR count). The molecule has 1 amide bonds. The zero-order valence-electron chi connectivity index (χ0n) is 14.7. The zero-order valence-corrected chi connectivity index (χ0v) is 14.7. The molecular weight excluding hydrogens is 324 g/mol. The van der Waals surface area contributed by atoms with Crippen LogP contribution in [0.25, 0.3) is 0 Å². The van der Waals surface area contributed by atoms with E-state index in [4.69, 9.17) is 10.5 Å². The molecule has 0 aliphatic heterocycles. The second kappa shape index (κ2) is 8.21. The van der Waals surface area contributed by atoms with Gasteiger partial charge in [-0.1, -0.05) is 48.5 Å². The lowest BCUT2D eigenvalue weighted by atomic mass is 10.1. The van der Waals surface area contributed by atoms with Gasteiger partial charge in [0.05, 0.1) is 5.56 Å². The van der Waals surface area contributed by atoms with E-state index in [0.717, 1.165) is 11.3 Å². The number of hydrogen-bond donors (Lipinski definition) is 2. The van der Waals surface area contributed by atoms with E-state index in [9.17, 15) is 4.79 Å². The fourth-order valence-electron chi connectivity index (χ4n) is 2.62. The Morgan fingerprint density at radius 1 is 0.962 bits per heavy atom. The minimum Gasteiger partial charge on any atom is -0.489 e. The van der Waals surface area contributed by atoms with Crippen LogP contribution in [0.5, 0.6) is 5.75 Å². The van der Waals surface area contributed by atoms with Crippen LogP contribution in [0.3, 0.4) is 0 Å². The summed E-state index contributed by atoms with van der Waals surface area (Å²) < 4.78 is 5.83. The van der Waals surface area contributed by atoms with Crippen molar-refractivity contribution in [1.82, 2.24) is 5.32 Å². The van der Waals surface area contributed by atoms with E-state index in [1.807, 2.05) is 42.5 Å². The number of anilines is 1. The van der Waals surface area contributed by atoms with Crippen molar-refractivity contribution in [2.75, 3.05) is 5.73 Å². The van der Waals surface area contributed by atoms with E-state index >= 15 is 0 Å². The van der Waals surface area contributed by atoms with Gasteiger partial charge in [-0.3, -0.25) is 4.79 Å². The summed E-state index contributed by atoms with van der Waals surface area (Å²) in [5, 5.41) is 2.88. The van der Waals surface area contributed by atoms with Gasteiger partial charge in [0.15, 0.2) is 0 Å². The molecule has 3 N–H and O–H groups in total. The first-order chi connectivity index (χ1) is 12.6. The number of ether oxygens (including phenoxy) is 1. The molecule has 0 radical (unpaired) electrons. The molecule has 0 aromatic heterocycles. The summed E-state index contributed by atoms with van der Waals surface area (Å²) in [6.07, 6.45) is 0. The number of para-hydroxylation sites is 1. The van der Waals surface area contributed by atoms with Crippen molar-refractivity contribution in [2.24, 2.45) is 0 Å². The lowest BCUT2D eigenvalue weighted by molar-refractivity contribution is 0.0952. The first-order valence-corrected chi connectivity index (χ1v) is 8.52. The van der Waals surface area contributed by atoms with Gasteiger partial charge in [0.25, 0.3) is 5.91 Å². The van der Waals surface area contributed by atoms with Crippen molar-refractivity contribution in [2.45, 2.75) is 20.1 Å². The largest absolute Gasteiger partial charge is 0.489 e. The predicted molar refractivity (Wildman–Crippen MR) is 104 cm³/mol. The van der Waals surface area contributed by atoms with Crippen LogP contribution in [0.4, 0.5) is 5.69 Å². The maximum atomic E-state index is 12.2. The van der Waals surface area contributed by atoms with Crippen molar-refractivity contribution >= 4 is 11.6 Å². The van der Waals surface area contributed by atoms with Gasteiger partial charge in [-0.05, 0) is 47.9 Å². The fraction of sp³-hybridized carbons (Fsp3) is 0.136. The Balaban J connectivity index is 1.54. The van der Waals surface area contributed by atoms with Crippen molar-refractivity contribution < 1.29 is 9.53 Å². The molecule has 0 unspecified atom stereocenters. The fourth-order valence-corrected chi connectivity index (χ4v) is 2.62. The summed E-state index contributed by atoms with van der Waals surface area (Å²) >= 11 is 0. The van der Waals surface area contributed by atoms with E-state index in [0.29, 0.717) is 24.4 Å². The molecule has 0 bridgehead atoms. The summed E-state index contributed by atoms with van der Waals surface area (Å²) in [5.74, 6) is 0.624. The van der Waals surface area contributed by atoms with Gasteiger partial charge in [-0.15, -0.1) is 0 Å². The zero-order chi connectivity index (χ0) is 18.4. The van der Waals surface area contributed by atoms with Crippen LogP contribution in [0.1, 0.15) is 27.0 Å². The van der Waals surface area contributed by atoms with E-state index in [1.54, 1.807) is 18.2 Å². The number of carbonyl (C=O) groups excluding carboxylic acids is 1. The average molecular weight is 346 g/mol. The molecule has 0 saturated carbocycles. The highest BCUT2D eigenvalue weighted by atomic mass is 16.5. The van der Waals surface area contributed by atoms with Crippen LogP contribution in [-0.2, 0) is 13.2 Å². The Hall–Kier alpha value is -3.27. The van der Waals surface area contributed by atoms with E-state index in [-0.39, 0.29) is 5.91 Å². The highest BCUT2D eigenvalue weighted by molar-refractivity contribution is 5.98. The smallest absolute Gasteiger partial charge is 0.253 e. The van der Waals surface area contributed by atoms with Crippen molar-refractivity contribution in [3.05, 3.63) is 95.1 Å². The summed E-state index contributed by atoms with van der Waals surface area (Å²) in [6.45, 7) is 3.05. The van der Waals surface area contributed by atoms with Crippen LogP contribution in [0, 0.1) is 6.92 Å². The van der Waals surface area contributed by atoms with Crippen LogP contribution >= 0.6 is 0 Å². The number of nitrogens with two attached hydrogens (primary N) is 1. The molecule has 3 aromatic carbocycles. The Kier molecular flexibility index (Phi) is 5.54. The number of carbonyl (C=O) groups is 1. The van der Waals surface area contributed by atoms with Gasteiger partial charge in [-0.2, -0.15) is 0 Å². The number of nitrogen functional groups attached to an aromatic ring is 1. The van der Waals surface area contributed by atoms with Gasteiger partial charge >= 0.3 is 0 Å². The number of aryl methyl sites for hydroxylation is 1. The molecular formula is C22H22N2O2. The van der Waals surface area contributed by atoms with Gasteiger partial charge in [-0.25, -0.2) is 0 Å². The van der Waals surface area contributed by atoms with E-state index < -0.39 is 0 Å². The van der Waals surface area contributed by atoms with Crippen molar-refractivity contribution in [1.29, 1.82) is 0 Å². The van der Waals surface area contributed by atoms with Gasteiger partial charge in [0.1, 0.15) is 12.4 Å². The number of hydrogen-bond acceptors (Lipinski definition) is 3. The molecule has 0 aliphatic carbocycles. The lowest BCUT2D eigenvalue weighted by Crippen LogP contribution is -2.23. The molecule has 0 saturated heterocycles. The van der Waals surface area contributed by atoms with Crippen LogP contribution in [-0.4, -0.2) is 5.91 Å². The topological polar surface area (TPSA) is 64.3 Å². The van der Waals surface area contributed by atoms with Gasteiger partial charge in [0, 0.05) is 12.2 Å². The second-order valence-electron chi connectivity index (χ2n) is 6.13. The number of nitrogens with one attached hydrogen (secondary N) is 1. The van der Waals surface area contributed by atoms with Crippen molar-refractivity contribution in [3.63, 3.8) is 0 Å². The van der Waals surface area contributed by atoms with E-state index in [2.05, 4.69) is 24.4 Å². The highest BCUT2D eigenvalue weighted by Crippen LogP contribution is 2.16. The molecule has 3 aromatic rings. The van der Waals surface area contributed by atoms with Gasteiger partial charge < -0.3 is 15.8 Å². The minimum absolute atomic E-state index is 0.178. The molecule has 0 fully saturated rings. The van der Waals surface area contributed by atoms with Crippen LogP contribution in [0.15, 0.2) is 72.8 Å². The minimum atomic E-state index is -0.178. The summed E-state index contributed by atoms with van der Waals surface area (Å²) in [7, 11) is 0. The molecule has 0 heterocycles. The maximum Gasteiger partial charge on any atom is 0.253 e. The van der Waals surface area contributed by atoms with Crippen molar-refractivity contribution in [3.8, 4) is 5.75 Å². The average Bonchev–Trinajstić information content (AvgIpc) is 2.67. The molecule has 26 heavy (non-hydrogen) atoms. The molecule has 0 aliphatic rings. The number of amides is 1. The maximum absolute atomic E-state index is 12.2. The standard InChI is InChI=1S/C22H22N2O2/c1-16-6-2-3-7-18(16)15-26-19-12-10-17(11-13-19)14-24-22(25)20-8-4-5-9-21(20)23/h2-13H,14-15,23H2,1H3,(H,24,25). The first kappa shape index (κ1) is 17.5. The number of rotatable bonds is 6. The highest BCUT2D eigenvalue weighted by Gasteiger charge is 2.08. The van der Waals surface area contributed by atoms with Crippen LogP contribution in [0.2, 0.25) is 0 Å². The molecule has 4 nitrogen and oxygen atoms in total. The number of benzene rings is 3. The third-order valence-electron chi connectivity index (χ3n) is 4.24. The normalized spacial score (nSPS) is 10.3. The Morgan fingerprint density at radius 2 is 1.65 bits per heavy atom. The summed E-state index contributed by atoms with van der Waals surface area (Å²) in [6, 6.07) is 22.9. The Morgan fingerprint density at radius 3 is 2.38 bits per heavy atom. The third-order valence-corrected chi connectivity index (χ3v) is 4.24. The third kappa shape index (κ3) is 4.42. The van der Waals surface area contributed by atoms with E-state index in [1.165, 1.54) is 11.1 Å². The molecule has 0 spiro atoms. The molecule has 4 heteroatoms. The lowest BCUT2D eigenvalue weighted by Gasteiger charge is -2.10. The first-order valence-electron chi connectivity index (χ1n) is 8.52. The monoisotopic (exact) mass is 346 g/mol. The van der Waals surface area contributed by atoms with Crippen LogP contribution < -0.4 is 15.8 Å². The van der Waals surface area contributed by atoms with Gasteiger partial charge in [0.2, 0.25) is 0 Å².